The van der Waals surface area contributed by atoms with Crippen molar-refractivity contribution in [1.29, 1.82) is 0 Å². The zero-order valence-electron chi connectivity index (χ0n) is 20.0. The Kier molecular flexibility index (Phi) is 6.70. The molecule has 0 spiro atoms. The van der Waals surface area contributed by atoms with Gasteiger partial charge in [0, 0.05) is 31.9 Å². The number of oxazole rings is 1. The number of hydrogen-bond donors (Lipinski definition) is 1. The molecule has 2 amide bonds. The van der Waals surface area contributed by atoms with E-state index >= 15 is 0 Å². The van der Waals surface area contributed by atoms with Gasteiger partial charge in [-0.2, -0.15) is 18.2 Å². The summed E-state index contributed by atoms with van der Waals surface area (Å²) >= 11 is 0. The monoisotopic (exact) mass is 494 g/mol. The number of carbonyl (C=O) groups excluding carboxylic acids is 2. The molecule has 4 rings (SSSR count). The molecule has 11 heteroatoms. The van der Waals surface area contributed by atoms with Crippen LogP contribution < -0.4 is 10.2 Å². The molecule has 0 unspecified atom stereocenters. The summed E-state index contributed by atoms with van der Waals surface area (Å²) in [6.45, 7) is 7.23. The zero-order valence-corrected chi connectivity index (χ0v) is 20.0. The number of aromatic nitrogens is 1. The van der Waals surface area contributed by atoms with E-state index in [0.29, 0.717) is 38.3 Å². The molecule has 0 bridgehead atoms. The number of hydrogen-bond acceptors (Lipinski definition) is 6. The Morgan fingerprint density at radius 2 is 1.77 bits per heavy atom. The Hall–Kier alpha value is -3.24. The number of benzene rings is 1. The highest BCUT2D eigenvalue weighted by Gasteiger charge is 2.42. The number of alkyl halides is 3. The minimum atomic E-state index is -4.83. The SMILES string of the molecule is CC(C)(C)OC(=O)N1CCc2cc(NC(=O)c3oc(N4CCCCC4)nc3C(F)(F)F)ccc2C1. The number of amides is 2. The number of piperidine rings is 1. The van der Waals surface area contributed by atoms with Crippen LogP contribution >= 0.6 is 0 Å². The molecular weight excluding hydrogens is 465 g/mol. The smallest absolute Gasteiger partial charge is 0.437 e. The average molecular weight is 495 g/mol. The average Bonchev–Trinajstić information content (AvgIpc) is 3.25. The van der Waals surface area contributed by atoms with Crippen LogP contribution in [0.1, 0.15) is 67.4 Å². The van der Waals surface area contributed by atoms with E-state index in [4.69, 9.17) is 9.15 Å². The van der Waals surface area contributed by atoms with Gasteiger partial charge in [0.25, 0.3) is 11.9 Å². The van der Waals surface area contributed by atoms with Gasteiger partial charge in [0.2, 0.25) is 5.76 Å². The summed E-state index contributed by atoms with van der Waals surface area (Å²) in [5, 5.41) is 2.51. The number of fused-ring (bicyclic) bond motifs is 1. The van der Waals surface area contributed by atoms with E-state index in [1.807, 2.05) is 0 Å². The molecule has 1 N–H and O–H groups in total. The molecule has 0 radical (unpaired) electrons. The Balaban J connectivity index is 1.49. The van der Waals surface area contributed by atoms with Crippen LogP contribution in [0.5, 0.6) is 0 Å². The van der Waals surface area contributed by atoms with Crippen LogP contribution in [0.2, 0.25) is 0 Å². The van der Waals surface area contributed by atoms with E-state index in [2.05, 4.69) is 10.3 Å². The minimum absolute atomic E-state index is 0.185. The van der Waals surface area contributed by atoms with Gasteiger partial charge in [-0.3, -0.25) is 4.79 Å². The Bertz CT molecular complexity index is 1100. The van der Waals surface area contributed by atoms with Crippen LogP contribution in [-0.4, -0.2) is 47.1 Å². The molecular formula is C24H29F3N4O4. The lowest BCUT2D eigenvalue weighted by atomic mass is 9.99. The highest BCUT2D eigenvalue weighted by Crippen LogP contribution is 2.35. The number of ether oxygens (including phenoxy) is 1. The highest BCUT2D eigenvalue weighted by molar-refractivity contribution is 6.03. The van der Waals surface area contributed by atoms with Crippen LogP contribution in [0.3, 0.4) is 0 Å². The lowest BCUT2D eigenvalue weighted by molar-refractivity contribution is -0.141. The van der Waals surface area contributed by atoms with Crippen LogP contribution in [0.25, 0.3) is 0 Å². The van der Waals surface area contributed by atoms with E-state index in [9.17, 15) is 22.8 Å². The van der Waals surface area contributed by atoms with Crippen LogP contribution in [-0.2, 0) is 23.9 Å². The fourth-order valence-corrected chi connectivity index (χ4v) is 4.18. The number of halogens is 3. The maximum atomic E-state index is 13.6. The van der Waals surface area contributed by atoms with E-state index in [-0.39, 0.29) is 6.01 Å². The zero-order chi connectivity index (χ0) is 25.4. The number of rotatable bonds is 3. The summed E-state index contributed by atoms with van der Waals surface area (Å²) in [7, 11) is 0. The predicted octanol–water partition coefficient (Wildman–Crippen LogP) is 5.23. The van der Waals surface area contributed by atoms with E-state index in [1.165, 1.54) is 0 Å². The summed E-state index contributed by atoms with van der Waals surface area (Å²) in [4.78, 5) is 32.0. The highest BCUT2D eigenvalue weighted by atomic mass is 19.4. The molecule has 8 nitrogen and oxygen atoms in total. The summed E-state index contributed by atoms with van der Waals surface area (Å²) in [6, 6.07) is 4.85. The molecule has 2 aliphatic rings. The predicted molar refractivity (Wildman–Crippen MR) is 122 cm³/mol. The first-order valence-corrected chi connectivity index (χ1v) is 11.6. The summed E-state index contributed by atoms with van der Waals surface area (Å²) in [5.74, 6) is -1.87. The summed E-state index contributed by atoms with van der Waals surface area (Å²) < 4.78 is 51.5. The fourth-order valence-electron chi connectivity index (χ4n) is 4.18. The van der Waals surface area contributed by atoms with E-state index in [0.717, 1.165) is 30.4 Å². The maximum Gasteiger partial charge on any atom is 0.437 e. The third-order valence-electron chi connectivity index (χ3n) is 5.85. The van der Waals surface area contributed by atoms with Gasteiger partial charge in [0.1, 0.15) is 5.60 Å². The molecule has 1 saturated heterocycles. The molecule has 3 heterocycles. The van der Waals surface area contributed by atoms with Crippen molar-refractivity contribution in [3.05, 3.63) is 40.8 Å². The second-order valence-corrected chi connectivity index (χ2v) is 9.81. The molecule has 190 valence electrons. The summed E-state index contributed by atoms with van der Waals surface area (Å²) in [6.07, 6.45) is -2.07. The normalized spacial score (nSPS) is 16.6. The Morgan fingerprint density at radius 1 is 1.06 bits per heavy atom. The van der Waals surface area contributed by atoms with E-state index in [1.54, 1.807) is 48.8 Å². The molecule has 2 aliphatic heterocycles. The third kappa shape index (κ3) is 5.88. The Labute approximate surface area is 201 Å². The number of nitrogens with one attached hydrogen (secondary N) is 1. The first-order valence-electron chi connectivity index (χ1n) is 11.6. The van der Waals surface area contributed by atoms with Crippen molar-refractivity contribution < 1.29 is 31.9 Å². The van der Waals surface area contributed by atoms with Gasteiger partial charge < -0.3 is 24.3 Å². The number of carbonyl (C=O) groups is 2. The van der Waals surface area contributed by atoms with Crippen molar-refractivity contribution in [3.63, 3.8) is 0 Å². The van der Waals surface area contributed by atoms with Gasteiger partial charge in [0.05, 0.1) is 0 Å². The lowest BCUT2D eigenvalue weighted by Crippen LogP contribution is -2.39. The van der Waals surface area contributed by atoms with Gasteiger partial charge in [-0.05, 0) is 69.7 Å². The van der Waals surface area contributed by atoms with Crippen LogP contribution in [0.4, 0.5) is 29.7 Å². The maximum absolute atomic E-state index is 13.6. The first-order chi connectivity index (χ1) is 16.4. The van der Waals surface area contributed by atoms with E-state index < -0.39 is 35.2 Å². The second-order valence-electron chi connectivity index (χ2n) is 9.81. The van der Waals surface area contributed by atoms with Crippen LogP contribution in [0, 0.1) is 0 Å². The van der Waals surface area contributed by atoms with Gasteiger partial charge >= 0.3 is 12.3 Å². The molecule has 0 atom stereocenters. The molecule has 0 saturated carbocycles. The van der Waals surface area contributed by atoms with Crippen molar-refractivity contribution in [2.75, 3.05) is 29.9 Å². The summed E-state index contributed by atoms with van der Waals surface area (Å²) in [5.41, 5.74) is 0.174. The van der Waals surface area contributed by atoms with Crippen molar-refractivity contribution >= 4 is 23.7 Å². The quantitative estimate of drug-likeness (QED) is 0.629. The number of anilines is 2. The molecule has 2 aromatic rings. The van der Waals surface area contributed by atoms with Crippen LogP contribution in [0.15, 0.2) is 22.6 Å². The van der Waals surface area contributed by atoms with Gasteiger partial charge in [-0.25, -0.2) is 4.79 Å². The van der Waals surface area contributed by atoms with Crippen molar-refractivity contribution in [2.45, 2.75) is 64.8 Å². The topological polar surface area (TPSA) is 87.9 Å². The van der Waals surface area contributed by atoms with Gasteiger partial charge in [-0.1, -0.05) is 6.07 Å². The van der Waals surface area contributed by atoms with Gasteiger partial charge in [-0.15, -0.1) is 0 Å². The molecule has 35 heavy (non-hydrogen) atoms. The third-order valence-corrected chi connectivity index (χ3v) is 5.85. The first kappa shape index (κ1) is 24.9. The standard InChI is InChI=1S/C24H29F3N4O4/c1-23(2,3)35-22(33)31-12-9-15-13-17(8-7-16(15)14-31)28-20(32)18-19(24(25,26)27)29-21(34-18)30-10-5-4-6-11-30/h7-8,13H,4-6,9-12,14H2,1-3H3,(H,28,32). The van der Waals surface area contributed by atoms with Gasteiger partial charge in [0.15, 0.2) is 5.69 Å². The number of nitrogens with zero attached hydrogens (tertiary/aromatic N) is 3. The van der Waals surface area contributed by atoms with Crippen molar-refractivity contribution in [2.24, 2.45) is 0 Å². The minimum Gasteiger partial charge on any atom is -0.444 e. The Morgan fingerprint density at radius 3 is 2.43 bits per heavy atom. The molecule has 1 aromatic carbocycles. The lowest BCUT2D eigenvalue weighted by Gasteiger charge is -2.31. The van der Waals surface area contributed by atoms with Crippen molar-refractivity contribution in [3.8, 4) is 0 Å². The molecule has 0 aliphatic carbocycles. The second kappa shape index (κ2) is 9.43. The fraction of sp³-hybridized carbons (Fsp3) is 0.542. The molecule has 1 aromatic heterocycles. The molecule has 1 fully saturated rings. The van der Waals surface area contributed by atoms with Crippen molar-refractivity contribution in [1.82, 2.24) is 9.88 Å². The largest absolute Gasteiger partial charge is 0.444 e.